The van der Waals surface area contributed by atoms with Crippen LogP contribution in [0.3, 0.4) is 0 Å². The molecule has 1 heterocycles. The number of benzene rings is 1. The smallest absolute Gasteiger partial charge is 0.307 e. The molecule has 0 spiro atoms. The van der Waals surface area contributed by atoms with E-state index in [1.54, 1.807) is 17.8 Å². The summed E-state index contributed by atoms with van der Waals surface area (Å²) in [5.41, 5.74) is 8.18. The van der Waals surface area contributed by atoms with Gasteiger partial charge in [-0.1, -0.05) is 17.3 Å². The number of carbonyl (C=O) groups excluding carboxylic acids is 1. The van der Waals surface area contributed by atoms with Crippen LogP contribution in [0, 0.1) is 0 Å². The van der Waals surface area contributed by atoms with Gasteiger partial charge in [0, 0.05) is 11.3 Å². The van der Waals surface area contributed by atoms with Crippen molar-refractivity contribution in [3.63, 3.8) is 0 Å². The maximum Gasteiger partial charge on any atom is 0.307 e. The van der Waals surface area contributed by atoms with Crippen LogP contribution >= 0.6 is 0 Å². The third-order valence-electron chi connectivity index (χ3n) is 2.63. The van der Waals surface area contributed by atoms with Crippen LogP contribution in [0.15, 0.2) is 30.5 Å². The van der Waals surface area contributed by atoms with Gasteiger partial charge in [0.05, 0.1) is 31.5 Å². The van der Waals surface area contributed by atoms with E-state index in [2.05, 4.69) is 10.3 Å². The highest BCUT2D eigenvalue weighted by molar-refractivity contribution is 5.69. The van der Waals surface area contributed by atoms with Crippen molar-refractivity contribution >= 4 is 11.7 Å². The zero-order chi connectivity index (χ0) is 13.7. The molecule has 0 aliphatic carbocycles. The fourth-order valence-electron chi connectivity index (χ4n) is 1.77. The average molecular weight is 260 g/mol. The molecule has 0 atom stereocenters. The van der Waals surface area contributed by atoms with Gasteiger partial charge in [0.15, 0.2) is 0 Å². The highest BCUT2D eigenvalue weighted by Crippen LogP contribution is 2.20. The summed E-state index contributed by atoms with van der Waals surface area (Å²) in [6.45, 7) is 2.60. The molecule has 6 heteroatoms. The van der Waals surface area contributed by atoms with Gasteiger partial charge in [-0.3, -0.25) is 4.79 Å². The number of rotatable bonds is 5. The van der Waals surface area contributed by atoms with Crippen molar-refractivity contribution < 1.29 is 9.53 Å². The molecule has 1 aromatic heterocycles. The van der Waals surface area contributed by atoms with Crippen molar-refractivity contribution in [2.45, 2.75) is 19.9 Å². The highest BCUT2D eigenvalue weighted by Gasteiger charge is 2.09. The van der Waals surface area contributed by atoms with Gasteiger partial charge in [-0.15, -0.1) is 5.10 Å². The van der Waals surface area contributed by atoms with Crippen LogP contribution in [-0.2, 0) is 16.1 Å². The zero-order valence-corrected chi connectivity index (χ0v) is 10.7. The van der Waals surface area contributed by atoms with E-state index < -0.39 is 0 Å². The van der Waals surface area contributed by atoms with Gasteiger partial charge >= 0.3 is 5.97 Å². The molecule has 0 saturated carbocycles. The number of hydrogen-bond donors (Lipinski definition) is 1. The topological polar surface area (TPSA) is 83.0 Å². The Balaban J connectivity index is 2.12. The molecule has 1 aromatic carbocycles. The van der Waals surface area contributed by atoms with E-state index in [1.807, 2.05) is 24.3 Å². The molecule has 19 heavy (non-hydrogen) atoms. The Hall–Kier alpha value is -2.37. The SMILES string of the molecule is CCOC(=O)CCn1nncc1-c1cccc(N)c1. The number of anilines is 1. The number of carbonyl (C=O) groups is 1. The van der Waals surface area contributed by atoms with Crippen LogP contribution in [0.4, 0.5) is 5.69 Å². The van der Waals surface area contributed by atoms with Gasteiger partial charge in [-0.05, 0) is 19.1 Å². The Bertz CT molecular complexity index is 565. The number of aromatic nitrogens is 3. The predicted molar refractivity (Wildman–Crippen MR) is 71.1 cm³/mol. The standard InChI is InChI=1S/C13H16N4O2/c1-2-19-13(18)6-7-17-12(9-15-16-17)10-4-3-5-11(14)8-10/h3-5,8-9H,2,6-7,14H2,1H3. The summed E-state index contributed by atoms with van der Waals surface area (Å²) in [5, 5.41) is 7.84. The molecule has 100 valence electrons. The van der Waals surface area contributed by atoms with E-state index in [-0.39, 0.29) is 12.4 Å². The summed E-state index contributed by atoms with van der Waals surface area (Å²) < 4.78 is 6.56. The summed E-state index contributed by atoms with van der Waals surface area (Å²) in [7, 11) is 0. The van der Waals surface area contributed by atoms with E-state index in [1.165, 1.54) is 0 Å². The largest absolute Gasteiger partial charge is 0.466 e. The number of esters is 1. The van der Waals surface area contributed by atoms with Gasteiger partial charge in [0.1, 0.15) is 0 Å². The second kappa shape index (κ2) is 5.99. The van der Waals surface area contributed by atoms with Gasteiger partial charge < -0.3 is 10.5 Å². The van der Waals surface area contributed by atoms with E-state index in [4.69, 9.17) is 10.5 Å². The first kappa shape index (κ1) is 13.1. The third kappa shape index (κ3) is 3.31. The fraction of sp³-hybridized carbons (Fsp3) is 0.308. The van der Waals surface area contributed by atoms with Gasteiger partial charge in [0.25, 0.3) is 0 Å². The van der Waals surface area contributed by atoms with Crippen LogP contribution in [0.2, 0.25) is 0 Å². The Kier molecular flexibility index (Phi) is 4.12. The summed E-state index contributed by atoms with van der Waals surface area (Å²) in [5.74, 6) is -0.239. The Morgan fingerprint density at radius 2 is 2.32 bits per heavy atom. The number of ether oxygens (including phenoxy) is 1. The van der Waals surface area contributed by atoms with E-state index in [0.29, 0.717) is 18.8 Å². The van der Waals surface area contributed by atoms with E-state index in [9.17, 15) is 4.79 Å². The molecular weight excluding hydrogens is 244 g/mol. The van der Waals surface area contributed by atoms with Crippen molar-refractivity contribution in [2.75, 3.05) is 12.3 Å². The van der Waals surface area contributed by atoms with Gasteiger partial charge in [-0.25, -0.2) is 4.68 Å². The lowest BCUT2D eigenvalue weighted by Crippen LogP contribution is -2.10. The first-order chi connectivity index (χ1) is 9.20. The number of nitrogens with zero attached hydrogens (tertiary/aromatic N) is 3. The Morgan fingerprint density at radius 1 is 1.47 bits per heavy atom. The first-order valence-electron chi connectivity index (χ1n) is 6.10. The molecule has 0 fully saturated rings. The minimum atomic E-state index is -0.239. The second-order valence-electron chi connectivity index (χ2n) is 4.02. The predicted octanol–water partition coefficient (Wildman–Crippen LogP) is 1.48. The summed E-state index contributed by atoms with van der Waals surface area (Å²) in [6.07, 6.45) is 1.92. The summed E-state index contributed by atoms with van der Waals surface area (Å²) in [4.78, 5) is 11.3. The molecule has 2 rings (SSSR count). The highest BCUT2D eigenvalue weighted by atomic mass is 16.5. The molecule has 2 aromatic rings. The van der Waals surface area contributed by atoms with Crippen LogP contribution < -0.4 is 5.73 Å². The summed E-state index contributed by atoms with van der Waals surface area (Å²) >= 11 is 0. The molecule has 6 nitrogen and oxygen atoms in total. The normalized spacial score (nSPS) is 10.4. The van der Waals surface area contributed by atoms with Crippen molar-refractivity contribution in [2.24, 2.45) is 0 Å². The quantitative estimate of drug-likeness (QED) is 0.650. The van der Waals surface area contributed by atoms with Crippen molar-refractivity contribution in [1.82, 2.24) is 15.0 Å². The van der Waals surface area contributed by atoms with Crippen LogP contribution in [0.25, 0.3) is 11.3 Å². The van der Waals surface area contributed by atoms with Crippen LogP contribution in [-0.4, -0.2) is 27.6 Å². The number of hydrogen-bond acceptors (Lipinski definition) is 5. The molecule has 0 amide bonds. The molecule has 0 saturated heterocycles. The van der Waals surface area contributed by atoms with Crippen molar-refractivity contribution in [3.05, 3.63) is 30.5 Å². The molecule has 0 aliphatic rings. The van der Waals surface area contributed by atoms with Gasteiger partial charge in [0.2, 0.25) is 0 Å². The van der Waals surface area contributed by atoms with Gasteiger partial charge in [-0.2, -0.15) is 0 Å². The maximum atomic E-state index is 11.3. The molecular formula is C13H16N4O2. The third-order valence-corrected chi connectivity index (χ3v) is 2.63. The Morgan fingerprint density at radius 3 is 3.05 bits per heavy atom. The average Bonchev–Trinajstić information content (AvgIpc) is 2.85. The number of nitrogen functional groups attached to an aromatic ring is 1. The van der Waals surface area contributed by atoms with Crippen LogP contribution in [0.5, 0.6) is 0 Å². The maximum absolute atomic E-state index is 11.3. The van der Waals surface area contributed by atoms with Crippen molar-refractivity contribution in [1.29, 1.82) is 0 Å². The number of aryl methyl sites for hydroxylation is 1. The van der Waals surface area contributed by atoms with Crippen LogP contribution in [0.1, 0.15) is 13.3 Å². The van der Waals surface area contributed by atoms with E-state index in [0.717, 1.165) is 11.3 Å². The first-order valence-corrected chi connectivity index (χ1v) is 6.10. The fourth-order valence-corrected chi connectivity index (χ4v) is 1.77. The van der Waals surface area contributed by atoms with Crippen molar-refractivity contribution in [3.8, 4) is 11.3 Å². The minimum absolute atomic E-state index is 0.239. The lowest BCUT2D eigenvalue weighted by Gasteiger charge is -2.06. The molecule has 2 N–H and O–H groups in total. The lowest BCUT2D eigenvalue weighted by molar-refractivity contribution is -0.143. The summed E-state index contributed by atoms with van der Waals surface area (Å²) in [6, 6.07) is 7.46. The van der Waals surface area contributed by atoms with E-state index >= 15 is 0 Å². The lowest BCUT2D eigenvalue weighted by atomic mass is 10.1. The Labute approximate surface area is 111 Å². The number of nitrogens with two attached hydrogens (primary N) is 1. The minimum Gasteiger partial charge on any atom is -0.466 e. The molecule has 0 radical (unpaired) electrons. The molecule has 0 aliphatic heterocycles. The second-order valence-corrected chi connectivity index (χ2v) is 4.02. The monoisotopic (exact) mass is 260 g/mol. The zero-order valence-electron chi connectivity index (χ0n) is 10.7. The molecule has 0 bridgehead atoms. The molecule has 0 unspecified atom stereocenters.